The summed E-state index contributed by atoms with van der Waals surface area (Å²) in [6.07, 6.45) is 18.2. The molecule has 1 N–H and O–H groups in total. The summed E-state index contributed by atoms with van der Waals surface area (Å²) in [5.41, 5.74) is 1.69. The van der Waals surface area contributed by atoms with Gasteiger partial charge in [-0.25, -0.2) is 4.79 Å². The molecular formula is C27H49NO2Si. The second kappa shape index (κ2) is 17.3. The summed E-state index contributed by atoms with van der Waals surface area (Å²) in [6.45, 7) is 10.7. The van der Waals surface area contributed by atoms with E-state index < -0.39 is 8.07 Å². The predicted octanol–water partition coefficient (Wildman–Crippen LogP) is 8.68. The fourth-order valence-corrected chi connectivity index (χ4v) is 5.21. The maximum absolute atomic E-state index is 11.6. The van der Waals surface area contributed by atoms with E-state index in [4.69, 9.17) is 4.74 Å². The first-order valence-corrected chi connectivity index (χ1v) is 16.6. The smallest absolute Gasteiger partial charge is 0.338 e. The van der Waals surface area contributed by atoms with Crippen LogP contribution in [0, 0.1) is 0 Å². The fourth-order valence-electron chi connectivity index (χ4n) is 3.90. The van der Waals surface area contributed by atoms with Crippen LogP contribution < -0.4 is 5.32 Å². The molecular weight excluding hydrogens is 398 g/mol. The molecule has 1 aromatic carbocycles. The third kappa shape index (κ3) is 16.1. The maximum Gasteiger partial charge on any atom is 0.338 e. The molecule has 4 heteroatoms. The zero-order chi connectivity index (χ0) is 22.8. The van der Waals surface area contributed by atoms with Crippen LogP contribution in [0.3, 0.4) is 0 Å². The Hall–Kier alpha value is -1.29. The lowest BCUT2D eigenvalue weighted by Gasteiger charge is -2.14. The normalized spacial score (nSPS) is 11.5. The number of hydrogen-bond acceptors (Lipinski definition) is 3. The molecule has 0 fully saturated rings. The number of hydrogen-bond donors (Lipinski definition) is 1. The van der Waals surface area contributed by atoms with E-state index in [-0.39, 0.29) is 5.97 Å². The van der Waals surface area contributed by atoms with Gasteiger partial charge in [0, 0.05) is 20.3 Å². The largest absolute Gasteiger partial charge is 0.462 e. The molecule has 0 aliphatic heterocycles. The van der Waals surface area contributed by atoms with Crippen molar-refractivity contribution in [1.29, 1.82) is 0 Å². The van der Waals surface area contributed by atoms with Gasteiger partial charge in [-0.05, 0) is 37.6 Å². The Labute approximate surface area is 193 Å². The Kier molecular flexibility index (Phi) is 15.5. The molecule has 3 nitrogen and oxygen atoms in total. The van der Waals surface area contributed by atoms with Gasteiger partial charge in [0.15, 0.2) is 0 Å². The number of ether oxygens (including phenoxy) is 1. The minimum Gasteiger partial charge on any atom is -0.462 e. The third-order valence-electron chi connectivity index (χ3n) is 5.83. The first-order chi connectivity index (χ1) is 14.9. The van der Waals surface area contributed by atoms with Crippen LogP contribution in [0.1, 0.15) is 101 Å². The van der Waals surface area contributed by atoms with Crippen molar-refractivity contribution in [3.63, 3.8) is 0 Å². The zero-order valence-electron chi connectivity index (χ0n) is 20.9. The molecule has 0 aliphatic rings. The van der Waals surface area contributed by atoms with Gasteiger partial charge in [-0.15, -0.1) is 0 Å². The van der Waals surface area contributed by atoms with E-state index in [0.717, 1.165) is 12.2 Å². The molecule has 0 spiro atoms. The predicted molar refractivity (Wildman–Crippen MR) is 139 cm³/mol. The van der Waals surface area contributed by atoms with Gasteiger partial charge < -0.3 is 10.1 Å². The zero-order valence-corrected chi connectivity index (χ0v) is 21.9. The van der Waals surface area contributed by atoms with Crippen molar-refractivity contribution in [2.75, 3.05) is 18.5 Å². The number of nitrogens with one attached hydrogen (secondary N) is 1. The molecule has 31 heavy (non-hydrogen) atoms. The number of carbonyl (C=O) groups excluding carboxylic acids is 1. The Balaban J connectivity index is 1.85. The van der Waals surface area contributed by atoms with Gasteiger partial charge in [-0.3, -0.25) is 0 Å². The van der Waals surface area contributed by atoms with E-state index in [9.17, 15) is 4.79 Å². The molecule has 0 heterocycles. The van der Waals surface area contributed by atoms with E-state index in [2.05, 4.69) is 25.0 Å². The van der Waals surface area contributed by atoms with Crippen molar-refractivity contribution < 1.29 is 9.53 Å². The van der Waals surface area contributed by atoms with Gasteiger partial charge in [-0.1, -0.05) is 103 Å². The lowest BCUT2D eigenvalue weighted by atomic mass is 10.0. The molecule has 0 amide bonds. The van der Waals surface area contributed by atoms with Crippen molar-refractivity contribution in [1.82, 2.24) is 0 Å². The Morgan fingerprint density at radius 2 is 1.19 bits per heavy atom. The molecule has 0 atom stereocenters. The first-order valence-electron chi connectivity index (χ1n) is 12.9. The van der Waals surface area contributed by atoms with E-state index in [0.29, 0.717) is 12.2 Å². The summed E-state index contributed by atoms with van der Waals surface area (Å²) in [7, 11) is -0.803. The van der Waals surface area contributed by atoms with Crippen LogP contribution in [0.15, 0.2) is 24.3 Å². The Morgan fingerprint density at radius 1 is 0.742 bits per heavy atom. The fraction of sp³-hybridized carbons (Fsp3) is 0.741. The van der Waals surface area contributed by atoms with Crippen molar-refractivity contribution in [2.45, 2.75) is 116 Å². The second-order valence-corrected chi connectivity index (χ2v) is 15.8. The van der Waals surface area contributed by atoms with Crippen molar-refractivity contribution >= 4 is 19.7 Å². The topological polar surface area (TPSA) is 38.3 Å². The molecule has 0 unspecified atom stereocenters. The van der Waals surface area contributed by atoms with E-state index in [1.807, 2.05) is 31.2 Å². The third-order valence-corrected chi connectivity index (χ3v) is 7.68. The number of esters is 1. The van der Waals surface area contributed by atoms with E-state index in [1.54, 1.807) is 0 Å². The monoisotopic (exact) mass is 447 g/mol. The average Bonchev–Trinajstić information content (AvgIpc) is 2.73. The summed E-state index contributed by atoms with van der Waals surface area (Å²) in [4.78, 5) is 11.6. The maximum atomic E-state index is 11.6. The van der Waals surface area contributed by atoms with Crippen molar-refractivity contribution in [3.05, 3.63) is 29.8 Å². The highest BCUT2D eigenvalue weighted by molar-refractivity contribution is 6.76. The summed E-state index contributed by atoms with van der Waals surface area (Å²) in [5, 5.41) is 3.44. The molecule has 0 saturated heterocycles. The van der Waals surface area contributed by atoms with Crippen molar-refractivity contribution in [2.24, 2.45) is 0 Å². The number of unbranched alkanes of at least 4 members (excludes halogenated alkanes) is 12. The molecule has 0 aromatic heterocycles. The first kappa shape index (κ1) is 27.7. The lowest BCUT2D eigenvalue weighted by Crippen LogP contribution is -2.18. The highest BCUT2D eigenvalue weighted by Crippen LogP contribution is 2.17. The Morgan fingerprint density at radius 3 is 1.65 bits per heavy atom. The van der Waals surface area contributed by atoms with Crippen LogP contribution in [0.5, 0.6) is 0 Å². The number of anilines is 1. The highest BCUT2D eigenvalue weighted by Gasteiger charge is 2.11. The minimum atomic E-state index is -0.803. The molecule has 1 rings (SSSR count). The van der Waals surface area contributed by atoms with E-state index >= 15 is 0 Å². The molecule has 0 radical (unpaired) electrons. The number of rotatable bonds is 19. The lowest BCUT2D eigenvalue weighted by molar-refractivity contribution is 0.0526. The van der Waals surface area contributed by atoms with Gasteiger partial charge in [0.05, 0.1) is 12.2 Å². The van der Waals surface area contributed by atoms with Crippen LogP contribution in [-0.4, -0.2) is 27.2 Å². The summed E-state index contributed by atoms with van der Waals surface area (Å²) in [6, 6.07) is 9.08. The standard InChI is InChI=1S/C27H49NO2Si/c1-5-30-27(29)25-19-21-26(22-20-25)28-23-17-15-13-11-9-7-6-8-10-12-14-16-18-24-31(2,3)4/h19-22,28H,5-18,23-24H2,1-4H3. The number of benzene rings is 1. The van der Waals surface area contributed by atoms with Gasteiger partial charge in [0.2, 0.25) is 0 Å². The van der Waals surface area contributed by atoms with Crippen LogP contribution in [0.25, 0.3) is 0 Å². The van der Waals surface area contributed by atoms with Gasteiger partial charge in [0.1, 0.15) is 0 Å². The van der Waals surface area contributed by atoms with Crippen LogP contribution in [0.4, 0.5) is 5.69 Å². The number of carbonyl (C=O) groups is 1. The van der Waals surface area contributed by atoms with E-state index in [1.165, 1.54) is 89.5 Å². The Bertz CT molecular complexity index is 566. The summed E-state index contributed by atoms with van der Waals surface area (Å²) in [5.74, 6) is -0.248. The van der Waals surface area contributed by atoms with Gasteiger partial charge >= 0.3 is 5.97 Å². The summed E-state index contributed by atoms with van der Waals surface area (Å²) < 4.78 is 5.01. The van der Waals surface area contributed by atoms with Gasteiger partial charge in [0.25, 0.3) is 0 Å². The SMILES string of the molecule is CCOC(=O)c1ccc(NCCCCCCCCCCCCCCC[Si](C)(C)C)cc1. The average molecular weight is 448 g/mol. The molecule has 1 aromatic rings. The highest BCUT2D eigenvalue weighted by atomic mass is 28.3. The van der Waals surface area contributed by atoms with Crippen LogP contribution in [-0.2, 0) is 4.74 Å². The molecule has 0 aliphatic carbocycles. The molecule has 178 valence electrons. The van der Waals surface area contributed by atoms with Crippen molar-refractivity contribution in [3.8, 4) is 0 Å². The molecule has 0 saturated carbocycles. The quantitative estimate of drug-likeness (QED) is 0.131. The minimum absolute atomic E-state index is 0.248. The van der Waals surface area contributed by atoms with Crippen LogP contribution in [0.2, 0.25) is 25.7 Å². The second-order valence-electron chi connectivity index (χ2n) is 10.1. The van der Waals surface area contributed by atoms with Crippen LogP contribution >= 0.6 is 0 Å². The molecule has 0 bridgehead atoms. The summed E-state index contributed by atoms with van der Waals surface area (Å²) >= 11 is 0. The van der Waals surface area contributed by atoms with Gasteiger partial charge in [-0.2, -0.15) is 0 Å².